The van der Waals surface area contributed by atoms with Crippen LogP contribution in [0.3, 0.4) is 0 Å². The van der Waals surface area contributed by atoms with Gasteiger partial charge < -0.3 is 9.64 Å². The first-order chi connectivity index (χ1) is 14.3. The zero-order chi connectivity index (χ0) is 20.2. The second-order valence-electron chi connectivity index (χ2n) is 9.15. The molecule has 0 bridgehead atoms. The number of hydrogen-bond acceptors (Lipinski definition) is 4. The zero-order valence-corrected chi connectivity index (χ0v) is 18.8. The Balaban J connectivity index is 1.29. The molecule has 3 rings (SSSR count). The van der Waals surface area contributed by atoms with E-state index in [4.69, 9.17) is 9.72 Å². The molecule has 2 aliphatic rings. The van der Waals surface area contributed by atoms with Crippen molar-refractivity contribution in [2.24, 2.45) is 0 Å². The molecular formula is C25H43N3O. The third-order valence-corrected chi connectivity index (χ3v) is 6.51. The van der Waals surface area contributed by atoms with Crippen LogP contribution in [0.1, 0.15) is 115 Å². The summed E-state index contributed by atoms with van der Waals surface area (Å²) < 4.78 is 6.09. The van der Waals surface area contributed by atoms with Crippen molar-refractivity contribution in [3.63, 3.8) is 0 Å². The summed E-state index contributed by atoms with van der Waals surface area (Å²) in [5.74, 6) is 1.70. The predicted octanol–water partition coefficient (Wildman–Crippen LogP) is 6.86. The van der Waals surface area contributed by atoms with E-state index in [-0.39, 0.29) is 0 Å². The number of unbranched alkanes of at least 4 members (excludes halogenated alkanes) is 11. The molecule has 4 heteroatoms. The molecule has 1 saturated heterocycles. The maximum atomic E-state index is 6.09. The van der Waals surface area contributed by atoms with Crippen molar-refractivity contribution in [1.82, 2.24) is 9.97 Å². The Morgan fingerprint density at radius 1 is 0.828 bits per heavy atom. The van der Waals surface area contributed by atoms with Gasteiger partial charge in [-0.05, 0) is 38.5 Å². The molecule has 1 aromatic heterocycles. The highest BCUT2D eigenvalue weighted by Gasteiger charge is 2.22. The predicted molar refractivity (Wildman–Crippen MR) is 122 cm³/mol. The SMILES string of the molecule is CCCCCCCCCCCCCCc1cc(OC2CCC2)nc(N2CCC2)n1. The van der Waals surface area contributed by atoms with Gasteiger partial charge in [-0.1, -0.05) is 77.6 Å². The molecule has 0 radical (unpaired) electrons. The van der Waals surface area contributed by atoms with Gasteiger partial charge in [0, 0.05) is 24.8 Å². The summed E-state index contributed by atoms with van der Waals surface area (Å²) in [6.07, 6.45) is 23.0. The molecular weight excluding hydrogens is 358 g/mol. The highest BCUT2D eigenvalue weighted by atomic mass is 16.5. The third kappa shape index (κ3) is 8.14. The monoisotopic (exact) mass is 401 g/mol. The quantitative estimate of drug-likeness (QED) is 0.284. The smallest absolute Gasteiger partial charge is 0.228 e. The Morgan fingerprint density at radius 2 is 1.45 bits per heavy atom. The van der Waals surface area contributed by atoms with Gasteiger partial charge in [-0.15, -0.1) is 0 Å². The van der Waals surface area contributed by atoms with Gasteiger partial charge in [-0.2, -0.15) is 4.98 Å². The molecule has 1 aromatic rings. The Kier molecular flexibility index (Phi) is 10.1. The fourth-order valence-corrected chi connectivity index (χ4v) is 4.11. The van der Waals surface area contributed by atoms with Gasteiger partial charge >= 0.3 is 0 Å². The van der Waals surface area contributed by atoms with Crippen LogP contribution in [0.25, 0.3) is 0 Å². The lowest BCUT2D eigenvalue weighted by molar-refractivity contribution is 0.114. The van der Waals surface area contributed by atoms with E-state index in [1.165, 1.54) is 108 Å². The molecule has 0 atom stereocenters. The van der Waals surface area contributed by atoms with Crippen LogP contribution in [-0.4, -0.2) is 29.2 Å². The van der Waals surface area contributed by atoms with E-state index in [2.05, 4.69) is 22.9 Å². The van der Waals surface area contributed by atoms with E-state index >= 15 is 0 Å². The molecule has 1 aliphatic carbocycles. The Bertz CT molecular complexity index is 569. The average Bonchev–Trinajstić information content (AvgIpc) is 2.64. The molecule has 4 nitrogen and oxygen atoms in total. The first kappa shape index (κ1) is 22.4. The number of aryl methyl sites for hydroxylation is 1. The van der Waals surface area contributed by atoms with Crippen LogP contribution in [0.15, 0.2) is 6.07 Å². The van der Waals surface area contributed by atoms with Crippen LogP contribution in [0.4, 0.5) is 5.95 Å². The van der Waals surface area contributed by atoms with Crippen molar-refractivity contribution in [2.75, 3.05) is 18.0 Å². The minimum absolute atomic E-state index is 0.383. The average molecular weight is 402 g/mol. The van der Waals surface area contributed by atoms with Crippen LogP contribution in [-0.2, 0) is 6.42 Å². The van der Waals surface area contributed by atoms with E-state index in [0.29, 0.717) is 6.10 Å². The number of rotatable bonds is 16. The van der Waals surface area contributed by atoms with Crippen LogP contribution < -0.4 is 9.64 Å². The fourth-order valence-electron chi connectivity index (χ4n) is 4.11. The second-order valence-corrected chi connectivity index (χ2v) is 9.15. The third-order valence-electron chi connectivity index (χ3n) is 6.51. The molecule has 0 N–H and O–H groups in total. The molecule has 0 aromatic carbocycles. The summed E-state index contributed by atoms with van der Waals surface area (Å²) in [5.41, 5.74) is 1.17. The zero-order valence-electron chi connectivity index (χ0n) is 18.8. The maximum absolute atomic E-state index is 6.09. The first-order valence-corrected chi connectivity index (χ1v) is 12.6. The van der Waals surface area contributed by atoms with Crippen molar-refractivity contribution in [1.29, 1.82) is 0 Å². The number of aromatic nitrogens is 2. The summed E-state index contributed by atoms with van der Waals surface area (Å²) in [4.78, 5) is 11.8. The van der Waals surface area contributed by atoms with Crippen molar-refractivity contribution in [3.05, 3.63) is 11.8 Å². The van der Waals surface area contributed by atoms with E-state index in [0.717, 1.165) is 31.3 Å². The lowest BCUT2D eigenvalue weighted by Crippen LogP contribution is -2.38. The van der Waals surface area contributed by atoms with Gasteiger partial charge in [0.2, 0.25) is 11.8 Å². The minimum Gasteiger partial charge on any atom is -0.474 e. The molecule has 0 amide bonds. The number of ether oxygens (including phenoxy) is 1. The van der Waals surface area contributed by atoms with Crippen molar-refractivity contribution < 1.29 is 4.74 Å². The molecule has 2 fully saturated rings. The minimum atomic E-state index is 0.383. The fraction of sp³-hybridized carbons (Fsp3) is 0.840. The van der Waals surface area contributed by atoms with Crippen molar-refractivity contribution in [3.8, 4) is 5.88 Å². The van der Waals surface area contributed by atoms with Gasteiger partial charge in [0.1, 0.15) is 6.10 Å². The Labute approximate surface area is 178 Å². The first-order valence-electron chi connectivity index (χ1n) is 12.6. The van der Waals surface area contributed by atoms with E-state index < -0.39 is 0 Å². The Hall–Kier alpha value is -1.32. The topological polar surface area (TPSA) is 38.2 Å². The second kappa shape index (κ2) is 13.1. The number of nitrogens with zero attached hydrogens (tertiary/aromatic N) is 3. The van der Waals surface area contributed by atoms with E-state index in [1.54, 1.807) is 0 Å². The van der Waals surface area contributed by atoms with Gasteiger partial charge in [0.15, 0.2) is 0 Å². The largest absolute Gasteiger partial charge is 0.474 e. The normalized spacial score (nSPS) is 16.5. The molecule has 0 spiro atoms. The van der Waals surface area contributed by atoms with Crippen LogP contribution in [0.5, 0.6) is 5.88 Å². The summed E-state index contributed by atoms with van der Waals surface area (Å²) in [6, 6.07) is 2.10. The highest BCUT2D eigenvalue weighted by molar-refractivity contribution is 5.37. The lowest BCUT2D eigenvalue weighted by Gasteiger charge is -2.32. The summed E-state index contributed by atoms with van der Waals surface area (Å²) in [6.45, 7) is 4.47. The van der Waals surface area contributed by atoms with Crippen LogP contribution in [0.2, 0.25) is 0 Å². The summed E-state index contributed by atoms with van der Waals surface area (Å²) in [7, 11) is 0. The lowest BCUT2D eigenvalue weighted by atomic mass is 9.96. The van der Waals surface area contributed by atoms with E-state index in [9.17, 15) is 0 Å². The van der Waals surface area contributed by atoms with Crippen molar-refractivity contribution in [2.45, 2.75) is 122 Å². The van der Waals surface area contributed by atoms with Gasteiger partial charge in [0.25, 0.3) is 0 Å². The summed E-state index contributed by atoms with van der Waals surface area (Å²) in [5, 5.41) is 0. The van der Waals surface area contributed by atoms with Crippen molar-refractivity contribution >= 4 is 5.95 Å². The van der Waals surface area contributed by atoms with Crippen LogP contribution >= 0.6 is 0 Å². The van der Waals surface area contributed by atoms with E-state index in [1.807, 2.05) is 0 Å². The van der Waals surface area contributed by atoms with Gasteiger partial charge in [-0.3, -0.25) is 0 Å². The molecule has 29 heavy (non-hydrogen) atoms. The number of hydrogen-bond donors (Lipinski definition) is 0. The standard InChI is InChI=1S/C25H43N3O/c1-2-3-4-5-6-7-8-9-10-11-12-13-16-22-21-24(29-23-17-14-18-23)27-25(26-22)28-19-15-20-28/h21,23H,2-20H2,1H3. The molecule has 1 aliphatic heterocycles. The van der Waals surface area contributed by atoms with Gasteiger partial charge in [0.05, 0.1) is 0 Å². The van der Waals surface area contributed by atoms with Gasteiger partial charge in [-0.25, -0.2) is 4.98 Å². The molecule has 1 saturated carbocycles. The number of anilines is 1. The maximum Gasteiger partial charge on any atom is 0.228 e. The molecule has 0 unspecified atom stereocenters. The highest BCUT2D eigenvalue weighted by Crippen LogP contribution is 2.27. The van der Waals surface area contributed by atoms with Crippen LogP contribution in [0, 0.1) is 0 Å². The Morgan fingerprint density at radius 3 is 1.97 bits per heavy atom. The molecule has 164 valence electrons. The summed E-state index contributed by atoms with van der Waals surface area (Å²) >= 11 is 0. The molecule has 2 heterocycles.